The van der Waals surface area contributed by atoms with Crippen molar-refractivity contribution in [2.45, 2.75) is 13.3 Å². The third-order valence-corrected chi connectivity index (χ3v) is 3.68. The van der Waals surface area contributed by atoms with Crippen LogP contribution in [0.1, 0.15) is 18.9 Å². The maximum atomic E-state index is 12.1. The smallest absolute Gasteiger partial charge is 0.327 e. The van der Waals surface area contributed by atoms with E-state index in [9.17, 15) is 9.59 Å². The molecule has 0 fully saturated rings. The van der Waals surface area contributed by atoms with Crippen molar-refractivity contribution in [1.82, 2.24) is 0 Å². The van der Waals surface area contributed by atoms with Crippen LogP contribution in [0.2, 0.25) is 0 Å². The van der Waals surface area contributed by atoms with Gasteiger partial charge in [0, 0.05) is 6.42 Å². The van der Waals surface area contributed by atoms with Gasteiger partial charge in [0.15, 0.2) is 5.41 Å². The van der Waals surface area contributed by atoms with Crippen LogP contribution in [0.15, 0.2) is 47.6 Å². The molecule has 21 heavy (non-hydrogen) atoms. The van der Waals surface area contributed by atoms with E-state index < -0.39 is 17.4 Å². The Morgan fingerprint density at radius 1 is 1.10 bits per heavy atom. The van der Waals surface area contributed by atoms with Gasteiger partial charge in [-0.25, -0.2) is 0 Å². The first-order valence-electron chi connectivity index (χ1n) is 6.66. The van der Waals surface area contributed by atoms with Gasteiger partial charge >= 0.3 is 11.9 Å². The lowest BCUT2D eigenvalue weighted by Crippen LogP contribution is -2.38. The number of rotatable bonds is 3. The fourth-order valence-corrected chi connectivity index (χ4v) is 2.58. The molecule has 2 rings (SSSR count). The summed E-state index contributed by atoms with van der Waals surface area (Å²) in [6.07, 6.45) is 3.87. The fourth-order valence-electron chi connectivity index (χ4n) is 2.58. The van der Waals surface area contributed by atoms with E-state index in [0.717, 1.165) is 16.7 Å². The minimum Gasteiger partial charge on any atom is -0.468 e. The number of allylic oxidation sites excluding steroid dienone is 2. The van der Waals surface area contributed by atoms with Crippen LogP contribution < -0.4 is 0 Å². The molecular weight excluding hydrogens is 268 g/mol. The second-order valence-corrected chi connectivity index (χ2v) is 5.04. The van der Waals surface area contributed by atoms with Crippen LogP contribution in [0.25, 0.3) is 6.08 Å². The van der Waals surface area contributed by atoms with Crippen molar-refractivity contribution in [2.75, 3.05) is 14.2 Å². The highest BCUT2D eigenvalue weighted by Crippen LogP contribution is 2.42. The molecule has 0 spiro atoms. The second-order valence-electron chi connectivity index (χ2n) is 5.04. The summed E-state index contributed by atoms with van der Waals surface area (Å²) >= 11 is 0. The van der Waals surface area contributed by atoms with Gasteiger partial charge in [-0.15, -0.1) is 0 Å². The monoisotopic (exact) mass is 286 g/mol. The largest absolute Gasteiger partial charge is 0.468 e. The summed E-state index contributed by atoms with van der Waals surface area (Å²) in [5, 5.41) is 0. The Labute approximate surface area is 124 Å². The summed E-state index contributed by atoms with van der Waals surface area (Å²) in [6, 6.07) is 9.75. The molecule has 0 saturated heterocycles. The lowest BCUT2D eigenvalue weighted by atomic mass is 9.86. The van der Waals surface area contributed by atoms with E-state index in [1.54, 1.807) is 6.08 Å². The Hall–Kier alpha value is -2.36. The topological polar surface area (TPSA) is 52.6 Å². The first kappa shape index (κ1) is 15.0. The molecule has 0 saturated carbocycles. The lowest BCUT2D eigenvalue weighted by Gasteiger charge is -2.20. The quantitative estimate of drug-likeness (QED) is 0.633. The van der Waals surface area contributed by atoms with E-state index in [2.05, 4.69) is 0 Å². The predicted octanol–water partition coefficient (Wildman–Crippen LogP) is 2.75. The zero-order chi connectivity index (χ0) is 15.5. The van der Waals surface area contributed by atoms with Gasteiger partial charge in [-0.1, -0.05) is 48.1 Å². The number of methoxy groups -OCH3 is 2. The van der Waals surface area contributed by atoms with E-state index >= 15 is 0 Å². The molecule has 0 unspecified atom stereocenters. The molecule has 0 amide bonds. The van der Waals surface area contributed by atoms with E-state index in [-0.39, 0.29) is 6.42 Å². The van der Waals surface area contributed by atoms with Gasteiger partial charge < -0.3 is 9.47 Å². The number of carbonyl (C=O) groups is 2. The summed E-state index contributed by atoms with van der Waals surface area (Å²) in [5.74, 6) is -1.18. The molecular formula is C17H18O4. The maximum Gasteiger partial charge on any atom is 0.327 e. The third kappa shape index (κ3) is 2.75. The van der Waals surface area contributed by atoms with Gasteiger partial charge in [0.05, 0.1) is 14.2 Å². The van der Waals surface area contributed by atoms with E-state index in [1.165, 1.54) is 14.2 Å². The molecule has 0 bridgehead atoms. The fraction of sp³-hybridized carbons (Fsp3) is 0.294. The van der Waals surface area contributed by atoms with Gasteiger partial charge in [-0.05, 0) is 18.1 Å². The van der Waals surface area contributed by atoms with Crippen molar-refractivity contribution in [3.8, 4) is 0 Å². The highest BCUT2D eigenvalue weighted by molar-refractivity contribution is 6.04. The number of ether oxygens (including phenoxy) is 2. The van der Waals surface area contributed by atoms with E-state index in [4.69, 9.17) is 9.47 Å². The van der Waals surface area contributed by atoms with Crippen molar-refractivity contribution in [1.29, 1.82) is 0 Å². The Morgan fingerprint density at radius 3 is 2.19 bits per heavy atom. The predicted molar refractivity (Wildman–Crippen MR) is 79.3 cm³/mol. The normalized spacial score (nSPS) is 18.2. The summed E-state index contributed by atoms with van der Waals surface area (Å²) in [6.45, 7) is 1.88. The molecule has 0 atom stereocenters. The minimum atomic E-state index is -1.37. The highest BCUT2D eigenvalue weighted by atomic mass is 16.5. The second kappa shape index (κ2) is 5.95. The average Bonchev–Trinajstić information content (AvgIpc) is 2.84. The molecule has 1 aromatic carbocycles. The zero-order valence-electron chi connectivity index (χ0n) is 12.4. The molecule has 110 valence electrons. The SMILES string of the molecule is COC(=O)C1(C(=O)OC)C=C(C)/C(=C/c2ccccc2)C1. The number of benzene rings is 1. The van der Waals surface area contributed by atoms with Crippen LogP contribution in [0, 0.1) is 5.41 Å². The van der Waals surface area contributed by atoms with Crippen LogP contribution in [0.3, 0.4) is 0 Å². The van der Waals surface area contributed by atoms with Gasteiger partial charge in [0.25, 0.3) is 0 Å². The first-order chi connectivity index (χ1) is 10.0. The van der Waals surface area contributed by atoms with Crippen molar-refractivity contribution < 1.29 is 19.1 Å². The van der Waals surface area contributed by atoms with Crippen molar-refractivity contribution in [2.24, 2.45) is 5.41 Å². The Balaban J connectivity index is 2.40. The van der Waals surface area contributed by atoms with Gasteiger partial charge in [-0.2, -0.15) is 0 Å². The summed E-state index contributed by atoms with van der Waals surface area (Å²) in [7, 11) is 2.55. The molecule has 0 radical (unpaired) electrons. The van der Waals surface area contributed by atoms with Crippen molar-refractivity contribution >= 4 is 18.0 Å². The molecule has 1 aliphatic rings. The summed E-state index contributed by atoms with van der Waals surface area (Å²) in [4.78, 5) is 24.2. The van der Waals surface area contributed by atoms with Crippen molar-refractivity contribution in [3.05, 3.63) is 53.1 Å². The van der Waals surface area contributed by atoms with Gasteiger partial charge in [0.2, 0.25) is 0 Å². The Morgan fingerprint density at radius 2 is 1.67 bits per heavy atom. The van der Waals surface area contributed by atoms with Crippen LogP contribution in [-0.4, -0.2) is 26.2 Å². The van der Waals surface area contributed by atoms with Gasteiger partial charge in [-0.3, -0.25) is 9.59 Å². The van der Waals surface area contributed by atoms with Crippen molar-refractivity contribution in [3.63, 3.8) is 0 Å². The van der Waals surface area contributed by atoms with Gasteiger partial charge in [0.1, 0.15) is 0 Å². The van der Waals surface area contributed by atoms with Crippen LogP contribution in [0.5, 0.6) is 0 Å². The molecule has 4 heteroatoms. The first-order valence-corrected chi connectivity index (χ1v) is 6.66. The molecule has 1 aliphatic carbocycles. The van der Waals surface area contributed by atoms with E-state index in [0.29, 0.717) is 0 Å². The van der Waals surface area contributed by atoms with E-state index in [1.807, 2.05) is 43.3 Å². The summed E-state index contributed by atoms with van der Waals surface area (Å²) in [5.41, 5.74) is 1.46. The Kier molecular flexibility index (Phi) is 4.26. The number of esters is 2. The molecule has 0 N–H and O–H groups in total. The molecule has 1 aromatic rings. The number of hydrogen-bond acceptors (Lipinski definition) is 4. The average molecular weight is 286 g/mol. The zero-order valence-corrected chi connectivity index (χ0v) is 12.4. The maximum absolute atomic E-state index is 12.1. The van der Waals surface area contributed by atoms with Crippen LogP contribution in [-0.2, 0) is 19.1 Å². The lowest BCUT2D eigenvalue weighted by molar-refractivity contribution is -0.164. The molecule has 0 aliphatic heterocycles. The highest BCUT2D eigenvalue weighted by Gasteiger charge is 2.50. The third-order valence-electron chi connectivity index (χ3n) is 3.68. The Bertz CT molecular complexity index is 595. The molecule has 4 nitrogen and oxygen atoms in total. The van der Waals surface area contributed by atoms with Crippen LogP contribution in [0.4, 0.5) is 0 Å². The molecule has 0 aromatic heterocycles. The number of hydrogen-bond donors (Lipinski definition) is 0. The molecule has 0 heterocycles. The standard InChI is InChI=1S/C17H18O4/c1-12-10-17(15(18)20-2,16(19)21-3)11-14(12)9-13-7-5-4-6-8-13/h4-10H,11H2,1-3H3/b14-9+. The number of carbonyl (C=O) groups excluding carboxylic acids is 2. The summed E-state index contributed by atoms with van der Waals surface area (Å²) < 4.78 is 9.59. The minimum absolute atomic E-state index is 0.257. The van der Waals surface area contributed by atoms with Crippen LogP contribution >= 0.6 is 0 Å².